The van der Waals surface area contributed by atoms with Crippen molar-refractivity contribution in [2.24, 2.45) is 16.5 Å². The molecular formula is C23H29N5O4. The molecule has 0 spiro atoms. The average molecular weight is 440 g/mol. The van der Waals surface area contributed by atoms with Crippen molar-refractivity contribution in [3.05, 3.63) is 65.2 Å². The van der Waals surface area contributed by atoms with Gasteiger partial charge in [-0.1, -0.05) is 30.3 Å². The number of para-hydroxylation sites is 1. The molecule has 3 rings (SSSR count). The Hall–Kier alpha value is -3.43. The number of nitrogens with one attached hydrogen (secondary N) is 2. The summed E-state index contributed by atoms with van der Waals surface area (Å²) < 4.78 is 6.15. The highest BCUT2D eigenvalue weighted by atomic mass is 16.5. The van der Waals surface area contributed by atoms with Gasteiger partial charge in [-0.05, 0) is 56.1 Å². The maximum atomic E-state index is 12.4. The maximum Gasteiger partial charge on any atom is 0.320 e. The predicted molar refractivity (Wildman–Crippen MR) is 122 cm³/mol. The second-order valence-corrected chi connectivity index (χ2v) is 7.68. The van der Waals surface area contributed by atoms with Gasteiger partial charge >= 0.3 is 5.97 Å². The van der Waals surface area contributed by atoms with Gasteiger partial charge in [-0.2, -0.15) is 4.99 Å². The van der Waals surface area contributed by atoms with Gasteiger partial charge in [0.15, 0.2) is 5.96 Å². The van der Waals surface area contributed by atoms with Crippen LogP contribution in [0.3, 0.4) is 0 Å². The number of nitrogens with zero attached hydrogens (tertiary/aromatic N) is 1. The fourth-order valence-corrected chi connectivity index (χ4v) is 3.38. The number of carbonyl (C=O) groups is 2. The van der Waals surface area contributed by atoms with E-state index in [4.69, 9.17) is 21.3 Å². The van der Waals surface area contributed by atoms with Crippen molar-refractivity contribution in [1.29, 1.82) is 0 Å². The minimum absolute atomic E-state index is 0.00338. The molecule has 1 aliphatic heterocycles. The number of benzene rings is 2. The molecule has 0 aliphatic carbocycles. The largest absolute Gasteiger partial charge is 0.490 e. The van der Waals surface area contributed by atoms with E-state index in [9.17, 15) is 9.59 Å². The van der Waals surface area contributed by atoms with Crippen LogP contribution in [0.15, 0.2) is 53.5 Å². The summed E-state index contributed by atoms with van der Waals surface area (Å²) in [5.41, 5.74) is 13.4. The molecule has 1 aliphatic rings. The highest BCUT2D eigenvalue weighted by molar-refractivity contribution is 6.02. The zero-order valence-corrected chi connectivity index (χ0v) is 17.8. The van der Waals surface area contributed by atoms with Gasteiger partial charge in [-0.25, -0.2) is 0 Å². The molecular weight excluding hydrogens is 410 g/mol. The molecule has 32 heavy (non-hydrogen) atoms. The van der Waals surface area contributed by atoms with Crippen LogP contribution in [-0.2, 0) is 17.8 Å². The van der Waals surface area contributed by atoms with Crippen LogP contribution in [0.5, 0.6) is 5.75 Å². The molecule has 170 valence electrons. The van der Waals surface area contributed by atoms with Crippen LogP contribution in [0.25, 0.3) is 0 Å². The smallest absolute Gasteiger partial charge is 0.320 e. The van der Waals surface area contributed by atoms with Crippen LogP contribution >= 0.6 is 0 Å². The average Bonchev–Trinajstić information content (AvgIpc) is 2.79. The summed E-state index contributed by atoms with van der Waals surface area (Å²) in [7, 11) is 0. The summed E-state index contributed by atoms with van der Waals surface area (Å²) >= 11 is 0. The van der Waals surface area contributed by atoms with Gasteiger partial charge in [0.05, 0.1) is 0 Å². The van der Waals surface area contributed by atoms with E-state index in [1.54, 1.807) is 24.3 Å². The lowest BCUT2D eigenvalue weighted by atomic mass is 10.0. The van der Waals surface area contributed by atoms with Crippen LogP contribution in [0.1, 0.15) is 34.3 Å². The van der Waals surface area contributed by atoms with Crippen LogP contribution in [0, 0.1) is 0 Å². The molecule has 0 bridgehead atoms. The SMILES string of the molecule is NC(=NC(=O)c1ccc(CC(N)C(=O)O)cc1)NCc1ccccc1OC1CCNCC1. The van der Waals surface area contributed by atoms with Gasteiger partial charge in [0.25, 0.3) is 5.91 Å². The molecule has 1 unspecified atom stereocenters. The molecule has 9 nitrogen and oxygen atoms in total. The molecule has 9 heteroatoms. The third-order valence-electron chi connectivity index (χ3n) is 5.21. The zero-order chi connectivity index (χ0) is 22.9. The van der Waals surface area contributed by atoms with E-state index in [2.05, 4.69) is 15.6 Å². The molecule has 1 heterocycles. The van der Waals surface area contributed by atoms with Crippen molar-refractivity contribution < 1.29 is 19.4 Å². The number of ether oxygens (including phenoxy) is 1. The van der Waals surface area contributed by atoms with Crippen LogP contribution in [0.4, 0.5) is 0 Å². The number of guanidine groups is 1. The molecule has 1 atom stereocenters. The van der Waals surface area contributed by atoms with Gasteiger partial charge in [0, 0.05) is 17.7 Å². The van der Waals surface area contributed by atoms with Crippen molar-refractivity contribution >= 4 is 17.8 Å². The van der Waals surface area contributed by atoms with Gasteiger partial charge < -0.3 is 31.9 Å². The number of amides is 1. The molecule has 1 saturated heterocycles. The Morgan fingerprint density at radius 3 is 2.53 bits per heavy atom. The Bertz CT molecular complexity index is 955. The lowest BCUT2D eigenvalue weighted by Crippen LogP contribution is -2.35. The monoisotopic (exact) mass is 439 g/mol. The fourth-order valence-electron chi connectivity index (χ4n) is 3.38. The third-order valence-corrected chi connectivity index (χ3v) is 5.21. The van der Waals surface area contributed by atoms with Crippen LogP contribution in [-0.4, -0.2) is 48.2 Å². The van der Waals surface area contributed by atoms with Crippen LogP contribution < -0.4 is 26.8 Å². The van der Waals surface area contributed by atoms with E-state index < -0.39 is 17.9 Å². The zero-order valence-electron chi connectivity index (χ0n) is 17.8. The second-order valence-electron chi connectivity index (χ2n) is 7.68. The van der Waals surface area contributed by atoms with E-state index in [1.165, 1.54) is 0 Å². The Labute approximate surface area is 186 Å². The fraction of sp³-hybridized carbons (Fsp3) is 0.348. The maximum absolute atomic E-state index is 12.4. The Kier molecular flexibility index (Phi) is 8.18. The first-order valence-corrected chi connectivity index (χ1v) is 10.6. The molecule has 2 aromatic carbocycles. The van der Waals surface area contributed by atoms with E-state index in [1.807, 2.05) is 24.3 Å². The number of aliphatic carboxylic acids is 1. The summed E-state index contributed by atoms with van der Waals surface area (Å²) in [6.45, 7) is 2.26. The van der Waals surface area contributed by atoms with Crippen molar-refractivity contribution in [2.75, 3.05) is 13.1 Å². The summed E-state index contributed by atoms with van der Waals surface area (Å²) in [6, 6.07) is 13.2. The highest BCUT2D eigenvalue weighted by Crippen LogP contribution is 2.21. The number of rotatable bonds is 8. The van der Waals surface area contributed by atoms with Gasteiger partial charge in [-0.3, -0.25) is 9.59 Å². The molecule has 1 amide bonds. The topological polar surface area (TPSA) is 152 Å². The lowest BCUT2D eigenvalue weighted by Gasteiger charge is -2.25. The number of nitrogens with two attached hydrogens (primary N) is 2. The predicted octanol–water partition coefficient (Wildman–Crippen LogP) is 1.02. The Balaban J connectivity index is 1.56. The third kappa shape index (κ3) is 6.79. The summed E-state index contributed by atoms with van der Waals surface area (Å²) in [5, 5.41) is 15.2. The molecule has 0 aromatic heterocycles. The van der Waals surface area contributed by atoms with E-state index in [0.717, 1.165) is 42.8 Å². The van der Waals surface area contributed by atoms with Crippen molar-refractivity contribution in [3.8, 4) is 5.75 Å². The number of aliphatic imine (C=N–C) groups is 1. The number of hydrogen-bond acceptors (Lipinski definition) is 5. The first-order chi connectivity index (χ1) is 15.4. The first kappa shape index (κ1) is 23.2. The summed E-state index contributed by atoms with van der Waals surface area (Å²) in [6.07, 6.45) is 2.27. The van der Waals surface area contributed by atoms with E-state index in [-0.39, 0.29) is 18.5 Å². The lowest BCUT2D eigenvalue weighted by molar-refractivity contribution is -0.138. The summed E-state index contributed by atoms with van der Waals surface area (Å²) in [5.74, 6) is -0.774. The highest BCUT2D eigenvalue weighted by Gasteiger charge is 2.16. The normalized spacial score (nSPS) is 15.7. The van der Waals surface area contributed by atoms with Crippen LogP contribution in [0.2, 0.25) is 0 Å². The van der Waals surface area contributed by atoms with Crippen molar-refractivity contribution in [2.45, 2.75) is 38.0 Å². The number of piperidine rings is 1. The standard InChI is InChI=1S/C23H29N5O4/c24-19(22(30)31)13-15-5-7-16(8-6-15)21(29)28-23(25)27-14-17-3-1-2-4-20(17)32-18-9-11-26-12-10-18/h1-8,18-19,26H,9-14,24H2,(H,30,31)(H3,25,27,28,29). The molecule has 0 saturated carbocycles. The minimum Gasteiger partial charge on any atom is -0.490 e. The molecule has 2 aromatic rings. The van der Waals surface area contributed by atoms with E-state index >= 15 is 0 Å². The Morgan fingerprint density at radius 1 is 1.16 bits per heavy atom. The minimum atomic E-state index is -1.07. The summed E-state index contributed by atoms with van der Waals surface area (Å²) in [4.78, 5) is 27.1. The van der Waals surface area contributed by atoms with Gasteiger partial charge in [-0.15, -0.1) is 0 Å². The van der Waals surface area contributed by atoms with E-state index in [0.29, 0.717) is 12.1 Å². The number of hydrogen-bond donors (Lipinski definition) is 5. The van der Waals surface area contributed by atoms with Gasteiger partial charge in [0.1, 0.15) is 17.9 Å². The quantitative estimate of drug-likeness (QED) is 0.302. The first-order valence-electron chi connectivity index (χ1n) is 10.6. The molecule has 1 fully saturated rings. The van der Waals surface area contributed by atoms with Crippen molar-refractivity contribution in [3.63, 3.8) is 0 Å². The number of carboxylic acids is 1. The molecule has 7 N–H and O–H groups in total. The Morgan fingerprint density at radius 2 is 1.84 bits per heavy atom. The number of carbonyl (C=O) groups excluding carboxylic acids is 1. The second kappa shape index (κ2) is 11.3. The van der Waals surface area contributed by atoms with Crippen molar-refractivity contribution in [1.82, 2.24) is 10.6 Å². The molecule has 0 radical (unpaired) electrons. The number of carboxylic acid groups (broad SMARTS) is 1. The van der Waals surface area contributed by atoms with Gasteiger partial charge in [0.2, 0.25) is 0 Å².